The third-order valence-corrected chi connectivity index (χ3v) is 4.34. The van der Waals surface area contributed by atoms with Gasteiger partial charge in [0.25, 0.3) is 0 Å². The lowest BCUT2D eigenvalue weighted by molar-refractivity contribution is 0.102. The number of nitrogens with zero attached hydrogens (tertiary/aromatic N) is 1. The lowest BCUT2D eigenvalue weighted by Crippen LogP contribution is -1.93. The summed E-state index contributed by atoms with van der Waals surface area (Å²) in [7, 11) is 0. The van der Waals surface area contributed by atoms with Gasteiger partial charge in [-0.05, 0) is 24.3 Å². The number of ketones is 1. The molecule has 0 amide bonds. The quantitative estimate of drug-likeness (QED) is 0.727. The summed E-state index contributed by atoms with van der Waals surface area (Å²) in [6, 6.07) is 6.62. The molecule has 0 saturated carbocycles. The average molecular weight is 304 g/mol. The SMILES string of the molecule is CC(=O)c1sc2nc(-c3ccc(F)cc3F)ccc2c1N. The first-order chi connectivity index (χ1) is 9.97. The minimum absolute atomic E-state index is 0.134. The normalized spacial score (nSPS) is 11.0. The number of hydrogen-bond acceptors (Lipinski definition) is 4. The maximum atomic E-state index is 13.8. The first-order valence-electron chi connectivity index (χ1n) is 6.12. The predicted octanol–water partition coefficient (Wildman–Crippen LogP) is 4.03. The van der Waals surface area contributed by atoms with E-state index in [1.165, 1.54) is 30.4 Å². The van der Waals surface area contributed by atoms with Gasteiger partial charge in [-0.3, -0.25) is 4.79 Å². The molecule has 0 atom stereocenters. The second kappa shape index (κ2) is 4.89. The topological polar surface area (TPSA) is 56.0 Å². The molecule has 6 heteroatoms. The summed E-state index contributed by atoms with van der Waals surface area (Å²) in [5.41, 5.74) is 6.87. The standard InChI is InChI=1S/C15H10F2N2OS/c1-7(20)14-13(18)10-4-5-12(19-15(10)21-14)9-3-2-8(16)6-11(9)17/h2-6H,18H2,1H3. The van der Waals surface area contributed by atoms with E-state index in [4.69, 9.17) is 5.73 Å². The van der Waals surface area contributed by atoms with Gasteiger partial charge in [0.1, 0.15) is 16.5 Å². The van der Waals surface area contributed by atoms with Gasteiger partial charge in [0.05, 0.1) is 16.3 Å². The van der Waals surface area contributed by atoms with Gasteiger partial charge in [-0.1, -0.05) is 0 Å². The average Bonchev–Trinajstić information content (AvgIpc) is 2.76. The van der Waals surface area contributed by atoms with Crippen LogP contribution in [0.1, 0.15) is 16.6 Å². The molecule has 3 aromatic rings. The largest absolute Gasteiger partial charge is 0.397 e. The number of halogens is 2. The van der Waals surface area contributed by atoms with Gasteiger partial charge in [0.15, 0.2) is 5.78 Å². The smallest absolute Gasteiger partial charge is 0.171 e. The van der Waals surface area contributed by atoms with Crippen LogP contribution >= 0.6 is 11.3 Å². The molecule has 0 aliphatic rings. The number of carbonyl (C=O) groups excluding carboxylic acids is 1. The molecule has 2 heterocycles. The number of nitrogen functional groups attached to an aromatic ring is 1. The summed E-state index contributed by atoms with van der Waals surface area (Å²) in [5.74, 6) is -1.46. The van der Waals surface area contributed by atoms with Crippen LogP contribution in [-0.4, -0.2) is 10.8 Å². The van der Waals surface area contributed by atoms with Gasteiger partial charge in [-0.2, -0.15) is 0 Å². The van der Waals surface area contributed by atoms with Crippen molar-refractivity contribution in [1.82, 2.24) is 4.98 Å². The van der Waals surface area contributed by atoms with Crippen molar-refractivity contribution in [2.24, 2.45) is 0 Å². The monoisotopic (exact) mass is 304 g/mol. The zero-order chi connectivity index (χ0) is 15.1. The van der Waals surface area contributed by atoms with Gasteiger partial charge in [-0.25, -0.2) is 13.8 Å². The lowest BCUT2D eigenvalue weighted by atomic mass is 10.1. The summed E-state index contributed by atoms with van der Waals surface area (Å²) < 4.78 is 26.7. The van der Waals surface area contributed by atoms with Gasteiger partial charge in [-0.15, -0.1) is 11.3 Å². The molecule has 106 valence electrons. The molecule has 2 N–H and O–H groups in total. The van der Waals surface area contributed by atoms with Crippen LogP contribution in [-0.2, 0) is 0 Å². The molecule has 0 fully saturated rings. The van der Waals surface area contributed by atoms with E-state index in [-0.39, 0.29) is 11.3 Å². The first-order valence-corrected chi connectivity index (χ1v) is 6.94. The fourth-order valence-electron chi connectivity index (χ4n) is 2.11. The maximum absolute atomic E-state index is 13.8. The molecular weight excluding hydrogens is 294 g/mol. The van der Waals surface area contributed by atoms with Crippen molar-refractivity contribution in [3.8, 4) is 11.3 Å². The van der Waals surface area contributed by atoms with Crippen LogP contribution < -0.4 is 5.73 Å². The number of anilines is 1. The number of aromatic nitrogens is 1. The number of Topliss-reactive ketones (excluding diaryl/α,β-unsaturated/α-hetero) is 1. The van der Waals surface area contributed by atoms with E-state index in [9.17, 15) is 13.6 Å². The Morgan fingerprint density at radius 1 is 1.24 bits per heavy atom. The number of hydrogen-bond donors (Lipinski definition) is 1. The van der Waals surface area contributed by atoms with Gasteiger partial charge in [0.2, 0.25) is 0 Å². The van der Waals surface area contributed by atoms with Crippen molar-refractivity contribution in [3.63, 3.8) is 0 Å². The van der Waals surface area contributed by atoms with Gasteiger partial charge < -0.3 is 5.73 Å². The number of rotatable bonds is 2. The molecule has 0 bridgehead atoms. The molecule has 0 aliphatic carbocycles. The number of nitrogens with two attached hydrogens (primary N) is 1. The highest BCUT2D eigenvalue weighted by atomic mass is 32.1. The maximum Gasteiger partial charge on any atom is 0.171 e. The van der Waals surface area contributed by atoms with Crippen molar-refractivity contribution >= 4 is 33.0 Å². The van der Waals surface area contributed by atoms with Crippen LogP contribution in [0.25, 0.3) is 21.5 Å². The highest BCUT2D eigenvalue weighted by molar-refractivity contribution is 7.21. The second-order valence-corrected chi connectivity index (χ2v) is 5.57. The number of carbonyl (C=O) groups is 1. The zero-order valence-corrected chi connectivity index (χ0v) is 11.8. The summed E-state index contributed by atoms with van der Waals surface area (Å²) in [6.07, 6.45) is 0. The van der Waals surface area contributed by atoms with Crippen LogP contribution in [0.3, 0.4) is 0 Å². The molecule has 0 spiro atoms. The number of fused-ring (bicyclic) bond motifs is 1. The van der Waals surface area contributed by atoms with E-state index in [0.717, 1.165) is 6.07 Å². The molecule has 3 nitrogen and oxygen atoms in total. The molecule has 21 heavy (non-hydrogen) atoms. The molecule has 0 saturated heterocycles. The Morgan fingerprint density at radius 2 is 2.00 bits per heavy atom. The fraction of sp³-hybridized carbons (Fsp3) is 0.0667. The number of thiophene rings is 1. The molecule has 0 aliphatic heterocycles. The second-order valence-electron chi connectivity index (χ2n) is 4.57. The summed E-state index contributed by atoms with van der Waals surface area (Å²) in [5, 5.41) is 0.663. The Morgan fingerprint density at radius 3 is 2.67 bits per heavy atom. The first kappa shape index (κ1) is 13.6. The molecule has 0 unspecified atom stereocenters. The summed E-state index contributed by atoms with van der Waals surface area (Å²) >= 11 is 1.17. The third-order valence-electron chi connectivity index (χ3n) is 3.12. The molecular formula is C15H10F2N2OS. The summed E-state index contributed by atoms with van der Waals surface area (Å²) in [4.78, 5) is 16.8. The van der Waals surface area contributed by atoms with Crippen molar-refractivity contribution < 1.29 is 13.6 Å². The van der Waals surface area contributed by atoms with Crippen LogP contribution in [0.4, 0.5) is 14.5 Å². The fourth-order valence-corrected chi connectivity index (χ4v) is 3.09. The van der Waals surface area contributed by atoms with Crippen LogP contribution in [0.15, 0.2) is 30.3 Å². The zero-order valence-electron chi connectivity index (χ0n) is 11.0. The third kappa shape index (κ3) is 2.27. The van der Waals surface area contributed by atoms with Gasteiger partial charge in [0, 0.05) is 23.9 Å². The van der Waals surface area contributed by atoms with Crippen molar-refractivity contribution in [2.75, 3.05) is 5.73 Å². The van der Waals surface area contributed by atoms with Gasteiger partial charge >= 0.3 is 0 Å². The minimum atomic E-state index is -0.682. The van der Waals surface area contributed by atoms with E-state index in [1.807, 2.05) is 0 Å². The summed E-state index contributed by atoms with van der Waals surface area (Å²) in [6.45, 7) is 1.43. The minimum Gasteiger partial charge on any atom is -0.397 e. The van der Waals surface area contributed by atoms with E-state index in [1.54, 1.807) is 12.1 Å². The van der Waals surface area contributed by atoms with Crippen molar-refractivity contribution in [2.45, 2.75) is 6.92 Å². The van der Waals surface area contributed by atoms with E-state index < -0.39 is 11.6 Å². The predicted molar refractivity (Wildman–Crippen MR) is 79.4 cm³/mol. The highest BCUT2D eigenvalue weighted by Crippen LogP contribution is 2.34. The number of benzene rings is 1. The van der Waals surface area contributed by atoms with E-state index in [0.29, 0.717) is 26.5 Å². The Balaban J connectivity index is 2.19. The number of pyridine rings is 1. The molecule has 0 radical (unpaired) electrons. The van der Waals surface area contributed by atoms with Crippen LogP contribution in [0.5, 0.6) is 0 Å². The molecule has 1 aromatic carbocycles. The Kier molecular flexibility index (Phi) is 3.17. The van der Waals surface area contributed by atoms with Crippen molar-refractivity contribution in [1.29, 1.82) is 0 Å². The van der Waals surface area contributed by atoms with Crippen LogP contribution in [0.2, 0.25) is 0 Å². The Labute approximate surface area is 123 Å². The highest BCUT2D eigenvalue weighted by Gasteiger charge is 2.15. The van der Waals surface area contributed by atoms with E-state index in [2.05, 4.69) is 4.98 Å². The molecule has 3 rings (SSSR count). The Hall–Kier alpha value is -2.34. The molecule has 2 aromatic heterocycles. The van der Waals surface area contributed by atoms with Crippen LogP contribution in [0, 0.1) is 11.6 Å². The Bertz CT molecular complexity index is 873. The lowest BCUT2D eigenvalue weighted by Gasteiger charge is -2.03. The van der Waals surface area contributed by atoms with E-state index >= 15 is 0 Å². The van der Waals surface area contributed by atoms with Crippen molar-refractivity contribution in [3.05, 3.63) is 46.8 Å².